The predicted octanol–water partition coefficient (Wildman–Crippen LogP) is 3.61. The lowest BCUT2D eigenvalue weighted by atomic mass is 9.87. The molecule has 1 nitrogen and oxygen atoms in total. The summed E-state index contributed by atoms with van der Waals surface area (Å²) in [6.07, 6.45) is 3.45. The van der Waals surface area contributed by atoms with Gasteiger partial charge in [0.1, 0.15) is 5.82 Å². The van der Waals surface area contributed by atoms with Crippen molar-refractivity contribution in [1.82, 2.24) is 0 Å². The van der Waals surface area contributed by atoms with Gasteiger partial charge in [0.2, 0.25) is 0 Å². The number of aliphatic hydroxyl groups is 1. The third kappa shape index (κ3) is 3.32. The molecule has 1 aromatic carbocycles. The fourth-order valence-corrected chi connectivity index (χ4v) is 1.98. The Morgan fingerprint density at radius 1 is 1.31 bits per heavy atom. The first-order chi connectivity index (χ1) is 7.62. The number of allylic oxidation sites excluding steroid dienone is 1. The summed E-state index contributed by atoms with van der Waals surface area (Å²) >= 11 is 5.69. The van der Waals surface area contributed by atoms with Crippen LogP contribution in [0.3, 0.4) is 0 Å². The molecule has 1 atom stereocenters. The molecule has 1 aromatic rings. The third-order valence-electron chi connectivity index (χ3n) is 2.65. The maximum atomic E-state index is 12.8. The van der Waals surface area contributed by atoms with Crippen LogP contribution in [-0.2, 0) is 5.60 Å². The van der Waals surface area contributed by atoms with Crippen LogP contribution in [-0.4, -0.2) is 11.0 Å². The maximum absolute atomic E-state index is 12.8. The monoisotopic (exact) mass is 242 g/mol. The molecule has 0 heterocycles. The Hall–Kier alpha value is -0.860. The van der Waals surface area contributed by atoms with E-state index in [2.05, 4.69) is 6.58 Å². The van der Waals surface area contributed by atoms with E-state index >= 15 is 0 Å². The molecule has 0 amide bonds. The lowest BCUT2D eigenvalue weighted by molar-refractivity contribution is 0.0252. The SMILES string of the molecule is C=CCCC(O)(CCCl)c1ccc(F)cc1. The van der Waals surface area contributed by atoms with Gasteiger partial charge in [0.15, 0.2) is 0 Å². The minimum Gasteiger partial charge on any atom is -0.385 e. The zero-order chi connectivity index (χ0) is 12.0. The first kappa shape index (κ1) is 13.2. The number of halogens is 2. The molecule has 0 fully saturated rings. The highest BCUT2D eigenvalue weighted by molar-refractivity contribution is 6.17. The van der Waals surface area contributed by atoms with Crippen molar-refractivity contribution in [1.29, 1.82) is 0 Å². The van der Waals surface area contributed by atoms with Crippen molar-refractivity contribution in [3.8, 4) is 0 Å². The largest absolute Gasteiger partial charge is 0.385 e. The highest BCUT2D eigenvalue weighted by atomic mass is 35.5. The maximum Gasteiger partial charge on any atom is 0.123 e. The quantitative estimate of drug-likeness (QED) is 0.597. The molecule has 1 unspecified atom stereocenters. The lowest BCUT2D eigenvalue weighted by Crippen LogP contribution is -2.26. The second-order valence-corrected chi connectivity index (χ2v) is 4.18. The molecule has 0 saturated carbocycles. The van der Waals surface area contributed by atoms with Crippen molar-refractivity contribution in [2.24, 2.45) is 0 Å². The van der Waals surface area contributed by atoms with Crippen LogP contribution in [0.5, 0.6) is 0 Å². The standard InChI is InChI=1S/C13H16ClFO/c1-2-3-8-13(16,9-10-14)11-4-6-12(15)7-5-11/h2,4-7,16H,1,3,8-10H2. The molecule has 0 radical (unpaired) electrons. The summed E-state index contributed by atoms with van der Waals surface area (Å²) in [5.41, 5.74) is -0.277. The van der Waals surface area contributed by atoms with E-state index in [0.29, 0.717) is 30.7 Å². The second-order valence-electron chi connectivity index (χ2n) is 3.80. The molecule has 0 aromatic heterocycles. The highest BCUT2D eigenvalue weighted by Crippen LogP contribution is 2.30. The van der Waals surface area contributed by atoms with Crippen LogP contribution in [0.4, 0.5) is 4.39 Å². The van der Waals surface area contributed by atoms with Gasteiger partial charge in [-0.1, -0.05) is 18.2 Å². The summed E-state index contributed by atoms with van der Waals surface area (Å²) in [6, 6.07) is 5.90. The Morgan fingerprint density at radius 2 is 1.94 bits per heavy atom. The van der Waals surface area contributed by atoms with Gasteiger partial charge in [-0.25, -0.2) is 4.39 Å². The predicted molar refractivity (Wildman–Crippen MR) is 65.1 cm³/mol. The average molecular weight is 243 g/mol. The molecule has 0 aliphatic rings. The topological polar surface area (TPSA) is 20.2 Å². The van der Waals surface area contributed by atoms with Gasteiger partial charge in [-0.3, -0.25) is 0 Å². The molecule has 3 heteroatoms. The molecular weight excluding hydrogens is 227 g/mol. The zero-order valence-electron chi connectivity index (χ0n) is 9.13. The van der Waals surface area contributed by atoms with Crippen molar-refractivity contribution in [2.75, 3.05) is 5.88 Å². The van der Waals surface area contributed by atoms with E-state index < -0.39 is 5.60 Å². The Balaban J connectivity index is 2.90. The average Bonchev–Trinajstić information content (AvgIpc) is 2.27. The van der Waals surface area contributed by atoms with Gasteiger partial charge in [0.25, 0.3) is 0 Å². The number of alkyl halides is 1. The van der Waals surface area contributed by atoms with Crippen LogP contribution in [0, 0.1) is 5.82 Å². The van der Waals surface area contributed by atoms with Gasteiger partial charge in [-0.15, -0.1) is 18.2 Å². The summed E-state index contributed by atoms with van der Waals surface area (Å²) in [5, 5.41) is 10.4. The van der Waals surface area contributed by atoms with Crippen LogP contribution < -0.4 is 0 Å². The first-order valence-electron chi connectivity index (χ1n) is 5.27. The Bertz CT molecular complexity index is 336. The number of hydrogen-bond acceptors (Lipinski definition) is 1. The minimum absolute atomic E-state index is 0.305. The van der Waals surface area contributed by atoms with Gasteiger partial charge < -0.3 is 5.11 Å². The lowest BCUT2D eigenvalue weighted by Gasteiger charge is -2.27. The van der Waals surface area contributed by atoms with Crippen molar-refractivity contribution in [3.63, 3.8) is 0 Å². The molecular formula is C13H16ClFO. The number of hydrogen-bond donors (Lipinski definition) is 1. The molecule has 1 N–H and O–H groups in total. The third-order valence-corrected chi connectivity index (χ3v) is 2.84. The van der Waals surface area contributed by atoms with E-state index in [1.165, 1.54) is 12.1 Å². The van der Waals surface area contributed by atoms with Crippen LogP contribution in [0.1, 0.15) is 24.8 Å². The number of benzene rings is 1. The van der Waals surface area contributed by atoms with Crippen molar-refractivity contribution in [3.05, 3.63) is 48.3 Å². The molecule has 0 aliphatic heterocycles. The zero-order valence-corrected chi connectivity index (χ0v) is 9.88. The van der Waals surface area contributed by atoms with Gasteiger partial charge in [0.05, 0.1) is 5.60 Å². The first-order valence-corrected chi connectivity index (χ1v) is 5.81. The van der Waals surface area contributed by atoms with E-state index in [1.54, 1.807) is 18.2 Å². The molecule has 0 saturated heterocycles. The van der Waals surface area contributed by atoms with Gasteiger partial charge in [-0.05, 0) is 37.0 Å². The van der Waals surface area contributed by atoms with Crippen LogP contribution in [0.2, 0.25) is 0 Å². The highest BCUT2D eigenvalue weighted by Gasteiger charge is 2.27. The molecule has 0 spiro atoms. The van der Waals surface area contributed by atoms with Crippen LogP contribution in [0.15, 0.2) is 36.9 Å². The fraction of sp³-hybridized carbons (Fsp3) is 0.385. The Morgan fingerprint density at radius 3 is 2.44 bits per heavy atom. The molecule has 16 heavy (non-hydrogen) atoms. The van der Waals surface area contributed by atoms with Gasteiger partial charge >= 0.3 is 0 Å². The molecule has 0 aliphatic carbocycles. The van der Waals surface area contributed by atoms with Crippen LogP contribution in [0.25, 0.3) is 0 Å². The fourth-order valence-electron chi connectivity index (χ4n) is 1.67. The Labute approximate surface area is 101 Å². The Kier molecular flexibility index (Phi) is 4.97. The van der Waals surface area contributed by atoms with Crippen molar-refractivity contribution >= 4 is 11.6 Å². The van der Waals surface area contributed by atoms with Crippen LogP contribution >= 0.6 is 11.6 Å². The van der Waals surface area contributed by atoms with E-state index in [9.17, 15) is 9.50 Å². The van der Waals surface area contributed by atoms with E-state index in [-0.39, 0.29) is 5.82 Å². The summed E-state index contributed by atoms with van der Waals surface area (Å²) in [6.45, 7) is 3.63. The van der Waals surface area contributed by atoms with E-state index in [4.69, 9.17) is 11.6 Å². The van der Waals surface area contributed by atoms with Gasteiger partial charge in [0, 0.05) is 5.88 Å². The summed E-state index contributed by atoms with van der Waals surface area (Å²) < 4.78 is 12.8. The second kappa shape index (κ2) is 6.02. The summed E-state index contributed by atoms with van der Waals surface area (Å²) in [4.78, 5) is 0. The van der Waals surface area contributed by atoms with Crippen molar-refractivity contribution < 1.29 is 9.50 Å². The normalized spacial score (nSPS) is 14.4. The van der Waals surface area contributed by atoms with Crippen molar-refractivity contribution in [2.45, 2.75) is 24.9 Å². The molecule has 88 valence electrons. The minimum atomic E-state index is -0.982. The van der Waals surface area contributed by atoms with E-state index in [1.807, 2.05) is 0 Å². The number of rotatable bonds is 6. The van der Waals surface area contributed by atoms with E-state index in [0.717, 1.165) is 0 Å². The molecule has 0 bridgehead atoms. The summed E-state index contributed by atoms with van der Waals surface area (Å²) in [5.74, 6) is 0.0612. The molecule has 1 rings (SSSR count). The smallest absolute Gasteiger partial charge is 0.123 e. The summed E-state index contributed by atoms with van der Waals surface area (Å²) in [7, 11) is 0. The van der Waals surface area contributed by atoms with Gasteiger partial charge in [-0.2, -0.15) is 0 Å².